The summed E-state index contributed by atoms with van der Waals surface area (Å²) in [7, 11) is 0. The summed E-state index contributed by atoms with van der Waals surface area (Å²) in [5.41, 5.74) is 0.918. The normalized spacial score (nSPS) is 14.4. The van der Waals surface area contributed by atoms with Gasteiger partial charge in [-0.15, -0.1) is 11.8 Å². The van der Waals surface area contributed by atoms with E-state index in [-0.39, 0.29) is 21.2 Å². The molecule has 0 bridgehead atoms. The zero-order valence-corrected chi connectivity index (χ0v) is 16.2. The first-order valence-electron chi connectivity index (χ1n) is 7.66. The first-order chi connectivity index (χ1) is 12.3. The highest BCUT2D eigenvalue weighted by Crippen LogP contribution is 2.33. The van der Waals surface area contributed by atoms with E-state index in [2.05, 4.69) is 5.32 Å². The molecule has 3 rings (SSSR count). The largest absolute Gasteiger partial charge is 0.323 e. The quantitative estimate of drug-likeness (QED) is 0.603. The topological polar surface area (TPSA) is 66.5 Å². The molecule has 134 valence electrons. The summed E-state index contributed by atoms with van der Waals surface area (Å²) in [6.45, 7) is 1.50. The van der Waals surface area contributed by atoms with E-state index in [9.17, 15) is 14.4 Å². The molecular weight excluding hydrogens is 395 g/mol. The average Bonchev–Trinajstić information content (AvgIpc) is 2.85. The second-order valence-electron chi connectivity index (χ2n) is 5.66. The average molecular weight is 409 g/mol. The van der Waals surface area contributed by atoms with E-state index in [1.807, 2.05) is 18.4 Å². The SMILES string of the molecule is CSc1ccccc1NC(=O)C(C)N1C(=O)c2cc(Cl)c(Cl)cc2C1=O. The van der Waals surface area contributed by atoms with Crippen LogP contribution in [0.2, 0.25) is 10.0 Å². The van der Waals surface area contributed by atoms with Gasteiger partial charge in [0.2, 0.25) is 5.91 Å². The van der Waals surface area contributed by atoms with Crippen LogP contribution in [0, 0.1) is 0 Å². The molecule has 1 N–H and O–H groups in total. The monoisotopic (exact) mass is 408 g/mol. The van der Waals surface area contributed by atoms with E-state index in [0.717, 1.165) is 9.80 Å². The summed E-state index contributed by atoms with van der Waals surface area (Å²) in [4.78, 5) is 39.7. The van der Waals surface area contributed by atoms with Gasteiger partial charge in [-0.25, -0.2) is 0 Å². The summed E-state index contributed by atoms with van der Waals surface area (Å²) in [5, 5.41) is 3.13. The number of thioether (sulfide) groups is 1. The van der Waals surface area contributed by atoms with Crippen molar-refractivity contribution in [2.75, 3.05) is 11.6 Å². The van der Waals surface area contributed by atoms with Gasteiger partial charge in [0.25, 0.3) is 11.8 Å². The molecule has 1 aliphatic rings. The van der Waals surface area contributed by atoms with Crippen molar-refractivity contribution in [3.63, 3.8) is 0 Å². The number of para-hydroxylation sites is 1. The van der Waals surface area contributed by atoms with Crippen LogP contribution < -0.4 is 5.32 Å². The zero-order valence-electron chi connectivity index (χ0n) is 13.9. The van der Waals surface area contributed by atoms with Crippen molar-refractivity contribution >= 4 is 58.4 Å². The van der Waals surface area contributed by atoms with Crippen molar-refractivity contribution in [2.45, 2.75) is 17.9 Å². The molecule has 3 amide bonds. The lowest BCUT2D eigenvalue weighted by Crippen LogP contribution is -2.45. The molecule has 0 saturated heterocycles. The van der Waals surface area contributed by atoms with Gasteiger partial charge in [-0.05, 0) is 37.4 Å². The van der Waals surface area contributed by atoms with Crippen molar-refractivity contribution < 1.29 is 14.4 Å². The van der Waals surface area contributed by atoms with E-state index >= 15 is 0 Å². The van der Waals surface area contributed by atoms with Crippen LogP contribution in [-0.4, -0.2) is 34.9 Å². The van der Waals surface area contributed by atoms with Crippen LogP contribution in [0.3, 0.4) is 0 Å². The molecular formula is C18H14Cl2N2O3S. The first kappa shape index (κ1) is 18.8. The first-order valence-corrected chi connectivity index (χ1v) is 9.64. The Morgan fingerprint density at radius 2 is 1.62 bits per heavy atom. The minimum Gasteiger partial charge on any atom is -0.323 e. The Balaban J connectivity index is 1.86. The highest BCUT2D eigenvalue weighted by molar-refractivity contribution is 7.98. The van der Waals surface area contributed by atoms with Crippen LogP contribution >= 0.6 is 35.0 Å². The van der Waals surface area contributed by atoms with Crippen LogP contribution in [0.25, 0.3) is 0 Å². The van der Waals surface area contributed by atoms with Crippen molar-refractivity contribution in [3.8, 4) is 0 Å². The Labute approximate surface area is 164 Å². The summed E-state index contributed by atoms with van der Waals surface area (Å²) in [6.07, 6.45) is 1.89. The van der Waals surface area contributed by atoms with Crippen LogP contribution in [0.5, 0.6) is 0 Å². The van der Waals surface area contributed by atoms with Crippen LogP contribution in [0.4, 0.5) is 5.69 Å². The third-order valence-electron chi connectivity index (χ3n) is 4.09. The summed E-state index contributed by atoms with van der Waals surface area (Å²) < 4.78 is 0. The number of benzene rings is 2. The second kappa shape index (κ2) is 7.31. The Hall–Kier alpha value is -2.02. The van der Waals surface area contributed by atoms with Gasteiger partial charge in [0.05, 0.1) is 26.9 Å². The fourth-order valence-electron chi connectivity index (χ4n) is 2.71. The van der Waals surface area contributed by atoms with E-state index in [0.29, 0.717) is 5.69 Å². The number of nitrogens with zero attached hydrogens (tertiary/aromatic N) is 1. The Bertz CT molecular complexity index is 892. The molecule has 0 spiro atoms. The number of hydrogen-bond acceptors (Lipinski definition) is 4. The van der Waals surface area contributed by atoms with Crippen molar-refractivity contribution in [2.24, 2.45) is 0 Å². The lowest BCUT2D eigenvalue weighted by atomic mass is 10.1. The number of imide groups is 1. The van der Waals surface area contributed by atoms with Gasteiger partial charge in [0, 0.05) is 4.90 Å². The number of amides is 3. The fourth-order valence-corrected chi connectivity index (χ4v) is 3.59. The lowest BCUT2D eigenvalue weighted by molar-refractivity contribution is -0.119. The number of fused-ring (bicyclic) bond motifs is 1. The predicted octanol–water partition coefficient (Wildman–Crippen LogP) is 4.34. The molecule has 2 aromatic carbocycles. The number of carbonyl (C=O) groups is 3. The lowest BCUT2D eigenvalue weighted by Gasteiger charge is -2.22. The van der Waals surface area contributed by atoms with Crippen molar-refractivity contribution in [3.05, 3.63) is 57.6 Å². The van der Waals surface area contributed by atoms with Gasteiger partial charge < -0.3 is 5.32 Å². The van der Waals surface area contributed by atoms with Gasteiger partial charge in [-0.3, -0.25) is 19.3 Å². The summed E-state index contributed by atoms with van der Waals surface area (Å²) in [5.74, 6) is -1.59. The number of rotatable bonds is 4. The van der Waals surface area contributed by atoms with Gasteiger partial charge in [-0.1, -0.05) is 35.3 Å². The molecule has 0 aromatic heterocycles. The molecule has 0 fully saturated rings. The van der Waals surface area contributed by atoms with Gasteiger partial charge in [0.15, 0.2) is 0 Å². The minimum atomic E-state index is -0.991. The summed E-state index contributed by atoms with van der Waals surface area (Å²) >= 11 is 13.4. The molecule has 26 heavy (non-hydrogen) atoms. The third kappa shape index (κ3) is 3.20. The van der Waals surface area contributed by atoms with Crippen LogP contribution in [0.15, 0.2) is 41.3 Å². The molecule has 0 saturated carbocycles. The van der Waals surface area contributed by atoms with Crippen molar-refractivity contribution in [1.82, 2.24) is 4.90 Å². The van der Waals surface area contributed by atoms with E-state index in [1.165, 1.54) is 30.8 Å². The molecule has 0 radical (unpaired) electrons. The number of anilines is 1. The van der Waals surface area contributed by atoms with E-state index < -0.39 is 23.8 Å². The molecule has 5 nitrogen and oxygen atoms in total. The Morgan fingerprint density at radius 3 is 2.15 bits per heavy atom. The Morgan fingerprint density at radius 1 is 1.08 bits per heavy atom. The molecule has 2 aromatic rings. The van der Waals surface area contributed by atoms with E-state index in [1.54, 1.807) is 12.1 Å². The van der Waals surface area contributed by atoms with Gasteiger partial charge in [0.1, 0.15) is 6.04 Å². The number of halogens is 2. The maximum Gasteiger partial charge on any atom is 0.262 e. The number of carbonyl (C=O) groups excluding carboxylic acids is 3. The molecule has 1 unspecified atom stereocenters. The highest BCUT2D eigenvalue weighted by Gasteiger charge is 2.41. The predicted molar refractivity (Wildman–Crippen MR) is 103 cm³/mol. The van der Waals surface area contributed by atoms with Gasteiger partial charge in [-0.2, -0.15) is 0 Å². The zero-order chi connectivity index (χ0) is 19.0. The van der Waals surface area contributed by atoms with E-state index in [4.69, 9.17) is 23.2 Å². The van der Waals surface area contributed by atoms with Crippen LogP contribution in [-0.2, 0) is 4.79 Å². The fraction of sp³-hybridized carbons (Fsp3) is 0.167. The standard InChI is InChI=1S/C18H14Cl2N2O3S/c1-9(16(23)21-14-5-3-4-6-15(14)26-2)22-17(24)10-7-12(19)13(20)8-11(10)18(22)25/h3-9H,1-2H3,(H,21,23). The molecule has 8 heteroatoms. The smallest absolute Gasteiger partial charge is 0.262 e. The summed E-state index contributed by atoms with van der Waals surface area (Å²) in [6, 6.07) is 9.01. The van der Waals surface area contributed by atoms with Crippen molar-refractivity contribution in [1.29, 1.82) is 0 Å². The third-order valence-corrected chi connectivity index (χ3v) is 5.61. The minimum absolute atomic E-state index is 0.147. The highest BCUT2D eigenvalue weighted by atomic mass is 35.5. The molecule has 1 heterocycles. The second-order valence-corrected chi connectivity index (χ2v) is 7.32. The maximum atomic E-state index is 12.6. The molecule has 1 aliphatic heterocycles. The van der Waals surface area contributed by atoms with Crippen LogP contribution in [0.1, 0.15) is 27.6 Å². The Kier molecular flexibility index (Phi) is 5.27. The van der Waals surface area contributed by atoms with Gasteiger partial charge >= 0.3 is 0 Å². The number of hydrogen-bond donors (Lipinski definition) is 1. The number of nitrogens with one attached hydrogen (secondary N) is 1. The maximum absolute atomic E-state index is 12.6. The molecule has 0 aliphatic carbocycles. The molecule has 1 atom stereocenters.